The maximum absolute atomic E-state index is 12.4. The van der Waals surface area contributed by atoms with E-state index in [0.29, 0.717) is 37.7 Å². The molecule has 1 amide bonds. The number of aromatic nitrogens is 1. The second kappa shape index (κ2) is 5.98. The standard InChI is InChI=1S/C13H21N3O2S/c1-3-10-9(2)19-12(15-10)16-11(17)13(8-14)4-6-18-7-5-13/h3-8,14H2,1-2H3,(H,15,16,17). The fourth-order valence-corrected chi connectivity index (χ4v) is 3.22. The van der Waals surface area contributed by atoms with Crippen LogP contribution in [0.4, 0.5) is 5.13 Å². The molecule has 5 nitrogen and oxygen atoms in total. The zero-order valence-electron chi connectivity index (χ0n) is 11.5. The molecule has 0 atom stereocenters. The van der Waals surface area contributed by atoms with Crippen LogP contribution in [0.5, 0.6) is 0 Å². The van der Waals surface area contributed by atoms with Crippen LogP contribution in [0.2, 0.25) is 0 Å². The summed E-state index contributed by atoms with van der Waals surface area (Å²) in [7, 11) is 0. The third kappa shape index (κ3) is 2.96. The van der Waals surface area contributed by atoms with Gasteiger partial charge < -0.3 is 15.8 Å². The van der Waals surface area contributed by atoms with Crippen LogP contribution in [0.1, 0.15) is 30.3 Å². The molecule has 6 heteroatoms. The summed E-state index contributed by atoms with van der Waals surface area (Å²) in [6.45, 7) is 5.64. The summed E-state index contributed by atoms with van der Waals surface area (Å²) in [6.07, 6.45) is 2.24. The van der Waals surface area contributed by atoms with Gasteiger partial charge in [0.15, 0.2) is 5.13 Å². The van der Waals surface area contributed by atoms with E-state index in [-0.39, 0.29) is 5.91 Å². The van der Waals surface area contributed by atoms with E-state index in [0.717, 1.165) is 17.0 Å². The number of rotatable bonds is 4. The molecule has 1 fully saturated rings. The van der Waals surface area contributed by atoms with Gasteiger partial charge in [0, 0.05) is 24.6 Å². The van der Waals surface area contributed by atoms with Crippen LogP contribution in [-0.4, -0.2) is 30.6 Å². The molecule has 1 saturated heterocycles. The van der Waals surface area contributed by atoms with Crippen molar-refractivity contribution in [2.24, 2.45) is 11.1 Å². The van der Waals surface area contributed by atoms with E-state index in [1.54, 1.807) is 0 Å². The van der Waals surface area contributed by atoms with Crippen molar-refractivity contribution in [2.45, 2.75) is 33.1 Å². The lowest BCUT2D eigenvalue weighted by atomic mass is 9.79. The van der Waals surface area contributed by atoms with E-state index in [2.05, 4.69) is 17.2 Å². The largest absolute Gasteiger partial charge is 0.381 e. The highest BCUT2D eigenvalue weighted by Gasteiger charge is 2.39. The molecular weight excluding hydrogens is 262 g/mol. The first-order valence-electron chi connectivity index (χ1n) is 6.67. The smallest absolute Gasteiger partial charge is 0.233 e. The highest BCUT2D eigenvalue weighted by atomic mass is 32.1. The van der Waals surface area contributed by atoms with Crippen molar-refractivity contribution in [3.05, 3.63) is 10.6 Å². The van der Waals surface area contributed by atoms with E-state index < -0.39 is 5.41 Å². The molecule has 1 aliphatic heterocycles. The number of aryl methyl sites for hydroxylation is 2. The van der Waals surface area contributed by atoms with Gasteiger partial charge in [0.25, 0.3) is 0 Å². The molecule has 0 unspecified atom stereocenters. The second-order valence-corrected chi connectivity index (χ2v) is 6.13. The van der Waals surface area contributed by atoms with E-state index in [4.69, 9.17) is 10.5 Å². The average Bonchev–Trinajstić information content (AvgIpc) is 2.79. The van der Waals surface area contributed by atoms with Gasteiger partial charge in [-0.25, -0.2) is 4.98 Å². The van der Waals surface area contributed by atoms with Gasteiger partial charge in [0.2, 0.25) is 5.91 Å². The van der Waals surface area contributed by atoms with Gasteiger partial charge in [-0.2, -0.15) is 0 Å². The lowest BCUT2D eigenvalue weighted by molar-refractivity contribution is -0.130. The normalized spacial score (nSPS) is 18.3. The number of nitrogens with two attached hydrogens (primary N) is 1. The first-order valence-corrected chi connectivity index (χ1v) is 7.48. The minimum atomic E-state index is -0.496. The van der Waals surface area contributed by atoms with E-state index in [1.807, 2.05) is 6.92 Å². The van der Waals surface area contributed by atoms with Crippen molar-refractivity contribution < 1.29 is 9.53 Å². The number of carbonyl (C=O) groups excluding carboxylic acids is 1. The summed E-state index contributed by atoms with van der Waals surface area (Å²) in [6, 6.07) is 0. The topological polar surface area (TPSA) is 77.2 Å². The molecule has 0 bridgehead atoms. The number of thiazole rings is 1. The Labute approximate surface area is 117 Å². The monoisotopic (exact) mass is 283 g/mol. The summed E-state index contributed by atoms with van der Waals surface area (Å²) in [5.41, 5.74) is 6.37. The van der Waals surface area contributed by atoms with Crippen molar-refractivity contribution in [1.29, 1.82) is 0 Å². The Morgan fingerprint density at radius 1 is 1.53 bits per heavy atom. The number of carbonyl (C=O) groups is 1. The predicted octanol–water partition coefficient (Wildman–Crippen LogP) is 1.71. The summed E-state index contributed by atoms with van der Waals surface area (Å²) in [5, 5.41) is 3.61. The third-order valence-corrected chi connectivity index (χ3v) is 4.70. The van der Waals surface area contributed by atoms with Crippen LogP contribution >= 0.6 is 11.3 Å². The number of anilines is 1. The van der Waals surface area contributed by atoms with Crippen LogP contribution in [0, 0.1) is 12.3 Å². The molecule has 1 aromatic rings. The number of nitrogens with zero attached hydrogens (tertiary/aromatic N) is 1. The Morgan fingerprint density at radius 2 is 2.21 bits per heavy atom. The lowest BCUT2D eigenvalue weighted by Crippen LogP contribution is -2.46. The van der Waals surface area contributed by atoms with Gasteiger partial charge >= 0.3 is 0 Å². The van der Waals surface area contributed by atoms with Gasteiger partial charge in [-0.1, -0.05) is 6.92 Å². The maximum Gasteiger partial charge on any atom is 0.233 e. The predicted molar refractivity (Wildman–Crippen MR) is 76.4 cm³/mol. The average molecular weight is 283 g/mol. The Bertz CT molecular complexity index is 453. The Balaban J connectivity index is 2.10. The summed E-state index contributed by atoms with van der Waals surface area (Å²) in [4.78, 5) is 18.1. The van der Waals surface area contributed by atoms with E-state index >= 15 is 0 Å². The molecule has 106 valence electrons. The Morgan fingerprint density at radius 3 is 2.74 bits per heavy atom. The number of hydrogen-bond donors (Lipinski definition) is 2. The number of nitrogens with one attached hydrogen (secondary N) is 1. The van der Waals surface area contributed by atoms with Gasteiger partial charge in [0.1, 0.15) is 0 Å². The molecule has 3 N–H and O–H groups in total. The second-order valence-electron chi connectivity index (χ2n) is 4.93. The van der Waals surface area contributed by atoms with Crippen molar-refractivity contribution in [3.8, 4) is 0 Å². The van der Waals surface area contributed by atoms with Gasteiger partial charge in [0.05, 0.1) is 11.1 Å². The first-order chi connectivity index (χ1) is 9.11. The van der Waals surface area contributed by atoms with Crippen LogP contribution in [0.3, 0.4) is 0 Å². The molecule has 0 spiro atoms. The van der Waals surface area contributed by atoms with E-state index in [9.17, 15) is 4.79 Å². The van der Waals surface area contributed by atoms with Crippen molar-refractivity contribution in [1.82, 2.24) is 4.98 Å². The Kier molecular flexibility index (Phi) is 4.54. The molecule has 2 heterocycles. The molecule has 0 radical (unpaired) electrons. The van der Waals surface area contributed by atoms with Crippen LogP contribution in [-0.2, 0) is 16.0 Å². The lowest BCUT2D eigenvalue weighted by Gasteiger charge is -2.34. The van der Waals surface area contributed by atoms with E-state index in [1.165, 1.54) is 11.3 Å². The number of ether oxygens (including phenoxy) is 1. The molecule has 1 aliphatic rings. The van der Waals surface area contributed by atoms with Gasteiger partial charge in [-0.15, -0.1) is 11.3 Å². The highest BCUT2D eigenvalue weighted by Crippen LogP contribution is 2.32. The zero-order valence-corrected chi connectivity index (χ0v) is 12.3. The molecular formula is C13H21N3O2S. The molecule has 0 aromatic carbocycles. The molecule has 0 saturated carbocycles. The first kappa shape index (κ1) is 14.4. The summed E-state index contributed by atoms with van der Waals surface area (Å²) >= 11 is 1.53. The summed E-state index contributed by atoms with van der Waals surface area (Å²) in [5.74, 6) is -0.0188. The fourth-order valence-electron chi connectivity index (χ4n) is 2.33. The van der Waals surface area contributed by atoms with Crippen molar-refractivity contribution in [3.63, 3.8) is 0 Å². The van der Waals surface area contributed by atoms with Crippen LogP contribution < -0.4 is 11.1 Å². The van der Waals surface area contributed by atoms with Crippen molar-refractivity contribution in [2.75, 3.05) is 25.1 Å². The zero-order chi connectivity index (χ0) is 13.9. The molecule has 1 aromatic heterocycles. The SMILES string of the molecule is CCc1nc(NC(=O)C2(CN)CCOCC2)sc1C. The van der Waals surface area contributed by atoms with Crippen molar-refractivity contribution >= 4 is 22.4 Å². The quantitative estimate of drug-likeness (QED) is 0.882. The minimum absolute atomic E-state index is 0.0188. The molecule has 2 rings (SSSR count). The summed E-state index contributed by atoms with van der Waals surface area (Å²) < 4.78 is 5.32. The molecule has 19 heavy (non-hydrogen) atoms. The number of amides is 1. The third-order valence-electron chi connectivity index (χ3n) is 3.77. The maximum atomic E-state index is 12.4. The van der Waals surface area contributed by atoms with Crippen LogP contribution in [0.25, 0.3) is 0 Å². The van der Waals surface area contributed by atoms with Gasteiger partial charge in [-0.05, 0) is 26.2 Å². The minimum Gasteiger partial charge on any atom is -0.381 e. The number of hydrogen-bond acceptors (Lipinski definition) is 5. The fraction of sp³-hybridized carbons (Fsp3) is 0.692. The Hall–Kier alpha value is -0.980. The highest BCUT2D eigenvalue weighted by molar-refractivity contribution is 7.15. The van der Waals surface area contributed by atoms with Gasteiger partial charge in [-0.3, -0.25) is 4.79 Å². The molecule has 0 aliphatic carbocycles. The van der Waals surface area contributed by atoms with Crippen LogP contribution in [0.15, 0.2) is 0 Å².